The van der Waals surface area contributed by atoms with Crippen LogP contribution < -0.4 is 0 Å². The van der Waals surface area contributed by atoms with Crippen LogP contribution in [0.5, 0.6) is 0 Å². The van der Waals surface area contributed by atoms with E-state index in [0.717, 1.165) is 17.8 Å². The van der Waals surface area contributed by atoms with Crippen molar-refractivity contribution in [3.63, 3.8) is 0 Å². The minimum atomic E-state index is 0.910. The highest BCUT2D eigenvalue weighted by atomic mass is 14.7. The second-order valence-electron chi connectivity index (χ2n) is 2.09. The van der Waals surface area contributed by atoms with Gasteiger partial charge in [0.1, 0.15) is 0 Å². The largest absolute Gasteiger partial charge is 0.297 e. The zero-order valence-electron chi connectivity index (χ0n) is 6.60. The Morgan fingerprint density at radius 2 is 1.33 bits per heavy atom. The van der Waals surface area contributed by atoms with Crippen molar-refractivity contribution in [1.82, 2.24) is 0 Å². The van der Waals surface area contributed by atoms with Crippen LogP contribution in [0, 0.1) is 0 Å². The van der Waals surface area contributed by atoms with Gasteiger partial charge in [-0.1, -0.05) is 0 Å². The van der Waals surface area contributed by atoms with Crippen molar-refractivity contribution in [3.8, 4) is 0 Å². The highest BCUT2D eigenvalue weighted by Gasteiger charge is 1.90. The lowest BCUT2D eigenvalue weighted by molar-refractivity contribution is 1.31. The molecule has 0 rings (SSSR count). The normalized spacial score (nSPS) is 14.2. The zero-order valence-corrected chi connectivity index (χ0v) is 6.60. The second-order valence-corrected chi connectivity index (χ2v) is 2.09. The van der Waals surface area contributed by atoms with Crippen LogP contribution in [-0.4, -0.2) is 25.5 Å². The van der Waals surface area contributed by atoms with Crippen LogP contribution >= 0.6 is 0 Å². The molecule has 0 amide bonds. The molecule has 9 heavy (non-hydrogen) atoms. The maximum absolute atomic E-state index is 4.01. The average Bonchev–Trinajstić information content (AvgIpc) is 1.87. The molecule has 0 unspecified atom stereocenters. The molecule has 0 fully saturated rings. The summed E-state index contributed by atoms with van der Waals surface area (Å²) in [5.41, 5.74) is 2.27. The van der Waals surface area contributed by atoms with Crippen molar-refractivity contribution in [2.45, 2.75) is 20.3 Å². The first-order valence-corrected chi connectivity index (χ1v) is 3.05. The van der Waals surface area contributed by atoms with Gasteiger partial charge in [-0.3, -0.25) is 9.98 Å². The first kappa shape index (κ1) is 8.34. The molecule has 0 aliphatic heterocycles. The Hall–Kier alpha value is -0.660. The summed E-state index contributed by atoms with van der Waals surface area (Å²) in [6, 6.07) is 0. The molecule has 52 valence electrons. The molecule has 0 heterocycles. The fourth-order valence-corrected chi connectivity index (χ4v) is 0.528. The van der Waals surface area contributed by atoms with Gasteiger partial charge in [0.25, 0.3) is 0 Å². The maximum atomic E-state index is 4.01. The van der Waals surface area contributed by atoms with Gasteiger partial charge in [0, 0.05) is 31.9 Å². The Morgan fingerprint density at radius 3 is 1.56 bits per heavy atom. The van der Waals surface area contributed by atoms with Crippen LogP contribution in [-0.2, 0) is 0 Å². The molecule has 0 bridgehead atoms. The first-order valence-electron chi connectivity index (χ1n) is 3.05. The molecule has 0 radical (unpaired) electrons. The third kappa shape index (κ3) is 3.88. The number of rotatable bonds is 2. The molecule has 0 aliphatic rings. The maximum Gasteiger partial charge on any atom is 0.0276 e. The molecular formula is C7H14N2. The molecule has 0 saturated carbocycles. The van der Waals surface area contributed by atoms with Crippen LogP contribution in [0.2, 0.25) is 0 Å². The molecule has 0 aliphatic carbocycles. The van der Waals surface area contributed by atoms with Crippen LogP contribution in [0.3, 0.4) is 0 Å². The van der Waals surface area contributed by atoms with Gasteiger partial charge in [-0.15, -0.1) is 0 Å². The van der Waals surface area contributed by atoms with Crippen molar-refractivity contribution in [3.05, 3.63) is 0 Å². The number of nitrogens with zero attached hydrogens (tertiary/aromatic N) is 2. The lowest BCUT2D eigenvalue weighted by atomic mass is 10.2. The van der Waals surface area contributed by atoms with Crippen LogP contribution in [0.15, 0.2) is 9.98 Å². The molecule has 0 aromatic heterocycles. The van der Waals surface area contributed by atoms with E-state index in [1.165, 1.54) is 0 Å². The number of hydrogen-bond donors (Lipinski definition) is 0. The third-order valence-electron chi connectivity index (χ3n) is 1.28. The van der Waals surface area contributed by atoms with E-state index in [4.69, 9.17) is 0 Å². The second kappa shape index (κ2) is 4.24. The van der Waals surface area contributed by atoms with Gasteiger partial charge in [-0.25, -0.2) is 0 Å². The van der Waals surface area contributed by atoms with E-state index in [1.54, 1.807) is 14.1 Å². The van der Waals surface area contributed by atoms with Gasteiger partial charge in [0.05, 0.1) is 0 Å². The molecular weight excluding hydrogens is 112 g/mol. The Morgan fingerprint density at radius 1 is 1.00 bits per heavy atom. The summed E-state index contributed by atoms with van der Waals surface area (Å²) in [5, 5.41) is 0. The Bertz CT molecular complexity index is 118. The van der Waals surface area contributed by atoms with Crippen molar-refractivity contribution in [2.75, 3.05) is 14.1 Å². The summed E-state index contributed by atoms with van der Waals surface area (Å²) in [6.45, 7) is 4.02. The molecule has 0 aromatic rings. The summed E-state index contributed by atoms with van der Waals surface area (Å²) >= 11 is 0. The van der Waals surface area contributed by atoms with E-state index >= 15 is 0 Å². The minimum Gasteiger partial charge on any atom is -0.297 e. The van der Waals surface area contributed by atoms with Crippen molar-refractivity contribution >= 4 is 11.4 Å². The first-order chi connectivity index (χ1) is 4.20. The molecule has 0 N–H and O–H groups in total. The molecule has 0 saturated heterocycles. The van der Waals surface area contributed by atoms with Gasteiger partial charge in [0.15, 0.2) is 0 Å². The molecule has 0 spiro atoms. The van der Waals surface area contributed by atoms with Gasteiger partial charge in [-0.2, -0.15) is 0 Å². The van der Waals surface area contributed by atoms with Crippen molar-refractivity contribution < 1.29 is 0 Å². The summed E-state index contributed by atoms with van der Waals surface area (Å²) < 4.78 is 0. The molecule has 0 aromatic carbocycles. The van der Waals surface area contributed by atoms with Crippen molar-refractivity contribution in [2.24, 2.45) is 9.98 Å². The predicted octanol–water partition coefficient (Wildman–Crippen LogP) is 1.56. The highest BCUT2D eigenvalue weighted by molar-refractivity contribution is 6.02. The van der Waals surface area contributed by atoms with Gasteiger partial charge in [-0.05, 0) is 13.8 Å². The van der Waals surface area contributed by atoms with E-state index in [0.29, 0.717) is 0 Å². The lowest BCUT2D eigenvalue weighted by Gasteiger charge is -1.95. The van der Waals surface area contributed by atoms with E-state index in [2.05, 4.69) is 9.98 Å². The van der Waals surface area contributed by atoms with E-state index in [1.807, 2.05) is 13.8 Å². The smallest absolute Gasteiger partial charge is 0.0276 e. The molecule has 0 atom stereocenters. The van der Waals surface area contributed by atoms with E-state index in [-0.39, 0.29) is 0 Å². The highest BCUT2D eigenvalue weighted by Crippen LogP contribution is 1.88. The zero-order chi connectivity index (χ0) is 7.28. The van der Waals surface area contributed by atoms with Gasteiger partial charge in [0.2, 0.25) is 0 Å². The van der Waals surface area contributed by atoms with Gasteiger partial charge >= 0.3 is 0 Å². The van der Waals surface area contributed by atoms with E-state index in [9.17, 15) is 0 Å². The average molecular weight is 126 g/mol. The Balaban J connectivity index is 3.75. The minimum absolute atomic E-state index is 0.910. The van der Waals surface area contributed by atoms with Crippen LogP contribution in [0.4, 0.5) is 0 Å². The third-order valence-corrected chi connectivity index (χ3v) is 1.28. The number of hydrogen-bond acceptors (Lipinski definition) is 2. The number of aliphatic imine (C=N–C) groups is 2. The summed E-state index contributed by atoms with van der Waals surface area (Å²) in [6.07, 6.45) is 0.910. The SMILES string of the molecule is C/N=C(\C)C/C(C)=N/C. The van der Waals surface area contributed by atoms with E-state index < -0.39 is 0 Å². The lowest BCUT2D eigenvalue weighted by Crippen LogP contribution is -1.99. The quantitative estimate of drug-likeness (QED) is 0.502. The Kier molecular flexibility index (Phi) is 3.93. The molecule has 2 heteroatoms. The topological polar surface area (TPSA) is 24.7 Å². The summed E-state index contributed by atoms with van der Waals surface area (Å²) in [5.74, 6) is 0. The Labute approximate surface area is 56.7 Å². The standard InChI is InChI=1S/C7H14N2/c1-6(8-3)5-7(2)9-4/h5H2,1-4H3/b8-6+,9-7+. The fraction of sp³-hybridized carbons (Fsp3) is 0.714. The fourth-order valence-electron chi connectivity index (χ4n) is 0.528. The summed E-state index contributed by atoms with van der Waals surface area (Å²) in [4.78, 5) is 8.02. The summed E-state index contributed by atoms with van der Waals surface area (Å²) in [7, 11) is 3.61. The van der Waals surface area contributed by atoms with Crippen molar-refractivity contribution in [1.29, 1.82) is 0 Å². The van der Waals surface area contributed by atoms with Crippen LogP contribution in [0.25, 0.3) is 0 Å². The van der Waals surface area contributed by atoms with Gasteiger partial charge < -0.3 is 0 Å². The monoisotopic (exact) mass is 126 g/mol. The predicted molar refractivity (Wildman–Crippen MR) is 42.7 cm³/mol. The van der Waals surface area contributed by atoms with Crippen LogP contribution in [0.1, 0.15) is 20.3 Å². The molecule has 2 nitrogen and oxygen atoms in total.